The van der Waals surface area contributed by atoms with Gasteiger partial charge in [-0.15, -0.1) is 0 Å². The Balaban J connectivity index is 2.29. The molecule has 0 bridgehead atoms. The van der Waals surface area contributed by atoms with Crippen molar-refractivity contribution in [3.63, 3.8) is 0 Å². The molecule has 2 aromatic rings. The first-order chi connectivity index (χ1) is 10.3. The number of carbonyl (C=O) groups is 1. The lowest BCUT2D eigenvalue weighted by atomic mass is 10.1. The zero-order valence-electron chi connectivity index (χ0n) is 11.4. The predicted octanol–water partition coefficient (Wildman–Crippen LogP) is 3.88. The van der Waals surface area contributed by atoms with Crippen molar-refractivity contribution in [3.8, 4) is 17.0 Å². The molecule has 0 spiro atoms. The number of ether oxygens (including phenoxy) is 1. The smallest absolute Gasteiger partial charge is 0.397 e. The number of carboxylic acid groups (broad SMARTS) is 1. The maximum Gasteiger partial charge on any atom is 0.397 e. The molecule has 0 amide bonds. The Bertz CT molecular complexity index is 693. The number of alkyl halides is 2. The van der Waals surface area contributed by atoms with Crippen LogP contribution in [0.2, 0.25) is 5.28 Å². The summed E-state index contributed by atoms with van der Waals surface area (Å²) in [6, 6.07) is 6.88. The molecule has 0 aliphatic carbocycles. The van der Waals surface area contributed by atoms with E-state index in [4.69, 9.17) is 16.7 Å². The van der Waals surface area contributed by atoms with Crippen LogP contribution in [0.15, 0.2) is 30.3 Å². The van der Waals surface area contributed by atoms with Gasteiger partial charge >= 0.3 is 12.1 Å². The summed E-state index contributed by atoms with van der Waals surface area (Å²) in [4.78, 5) is 18.4. The van der Waals surface area contributed by atoms with E-state index >= 15 is 0 Å². The third-order valence-electron chi connectivity index (χ3n) is 2.75. The Kier molecular flexibility index (Phi) is 4.56. The molecule has 0 atom stereocenters. The van der Waals surface area contributed by atoms with E-state index in [-0.39, 0.29) is 22.4 Å². The minimum atomic E-state index is -3.24. The third-order valence-corrected chi connectivity index (χ3v) is 2.92. The molecule has 0 unspecified atom stereocenters. The highest BCUT2D eigenvalue weighted by Gasteiger charge is 2.28. The first-order valence-electron chi connectivity index (χ1n) is 6.26. The van der Waals surface area contributed by atoms with Crippen LogP contribution >= 0.6 is 11.6 Å². The van der Waals surface area contributed by atoms with E-state index in [2.05, 4.69) is 14.7 Å². The van der Waals surface area contributed by atoms with E-state index in [1.165, 1.54) is 37.3 Å². The quantitative estimate of drug-likeness (QED) is 0.843. The summed E-state index contributed by atoms with van der Waals surface area (Å²) < 4.78 is 30.8. The predicted molar refractivity (Wildman–Crippen MR) is 75.3 cm³/mol. The Morgan fingerprint density at radius 1 is 1.32 bits per heavy atom. The summed E-state index contributed by atoms with van der Waals surface area (Å²) in [5.41, 5.74) is 0.512. The van der Waals surface area contributed by atoms with Gasteiger partial charge in [-0.25, -0.2) is 14.8 Å². The van der Waals surface area contributed by atoms with Gasteiger partial charge in [0, 0.05) is 12.0 Å². The van der Waals surface area contributed by atoms with Gasteiger partial charge in [0.1, 0.15) is 5.75 Å². The molecule has 5 nitrogen and oxygen atoms in total. The maximum absolute atomic E-state index is 13.1. The number of nitrogens with zero attached hydrogens (tertiary/aromatic N) is 2. The molecular formula is C14H11ClF2N2O3. The average molecular weight is 329 g/mol. The van der Waals surface area contributed by atoms with Crippen LogP contribution in [-0.2, 0) is 0 Å². The SMILES string of the molecule is CCC(F)(F)Oc1ccc(-c2cc(C(=O)O)nc(Cl)n2)cc1. The van der Waals surface area contributed by atoms with E-state index in [1.54, 1.807) is 0 Å². The lowest BCUT2D eigenvalue weighted by Crippen LogP contribution is -2.22. The highest BCUT2D eigenvalue weighted by Crippen LogP contribution is 2.27. The number of benzene rings is 1. The fourth-order valence-corrected chi connectivity index (χ4v) is 1.80. The summed E-state index contributed by atoms with van der Waals surface area (Å²) in [7, 11) is 0. The molecule has 0 fully saturated rings. The van der Waals surface area contributed by atoms with Crippen LogP contribution in [0.25, 0.3) is 11.3 Å². The largest absolute Gasteiger partial charge is 0.477 e. The molecule has 0 saturated heterocycles. The zero-order chi connectivity index (χ0) is 16.3. The molecule has 1 aromatic heterocycles. The van der Waals surface area contributed by atoms with Crippen LogP contribution in [0.3, 0.4) is 0 Å². The number of carboxylic acids is 1. The second-order valence-corrected chi connectivity index (χ2v) is 4.67. The van der Waals surface area contributed by atoms with Crippen molar-refractivity contribution in [2.45, 2.75) is 19.5 Å². The van der Waals surface area contributed by atoms with E-state index in [0.717, 1.165) is 0 Å². The fraction of sp³-hybridized carbons (Fsp3) is 0.214. The van der Waals surface area contributed by atoms with Gasteiger partial charge in [-0.1, -0.05) is 6.92 Å². The monoisotopic (exact) mass is 328 g/mol. The molecule has 2 rings (SSSR count). The fourth-order valence-electron chi connectivity index (χ4n) is 1.61. The molecular weight excluding hydrogens is 318 g/mol. The van der Waals surface area contributed by atoms with Crippen LogP contribution in [0, 0.1) is 0 Å². The van der Waals surface area contributed by atoms with Crippen molar-refractivity contribution in [2.75, 3.05) is 0 Å². The number of rotatable bonds is 5. The van der Waals surface area contributed by atoms with E-state index in [0.29, 0.717) is 5.56 Å². The van der Waals surface area contributed by atoms with Gasteiger partial charge in [0.2, 0.25) is 5.28 Å². The summed E-state index contributed by atoms with van der Waals surface area (Å²) in [6.07, 6.45) is -3.69. The first kappa shape index (κ1) is 16.1. The highest BCUT2D eigenvalue weighted by atomic mass is 35.5. The molecule has 116 valence electrons. The summed E-state index contributed by atoms with van der Waals surface area (Å²) in [5.74, 6) is -1.25. The van der Waals surface area contributed by atoms with Crippen LogP contribution in [-0.4, -0.2) is 27.2 Å². The lowest BCUT2D eigenvalue weighted by Gasteiger charge is -2.16. The number of hydrogen-bond donors (Lipinski definition) is 1. The van der Waals surface area contributed by atoms with Crippen molar-refractivity contribution in [1.29, 1.82) is 0 Å². The molecule has 0 aliphatic rings. The van der Waals surface area contributed by atoms with Crippen molar-refractivity contribution >= 4 is 17.6 Å². The van der Waals surface area contributed by atoms with Gasteiger partial charge in [0.15, 0.2) is 5.69 Å². The van der Waals surface area contributed by atoms with Crippen LogP contribution < -0.4 is 4.74 Å². The summed E-state index contributed by atoms with van der Waals surface area (Å²) in [6.45, 7) is 1.31. The Hall–Kier alpha value is -2.28. The first-order valence-corrected chi connectivity index (χ1v) is 6.63. The molecule has 22 heavy (non-hydrogen) atoms. The molecule has 0 saturated carbocycles. The number of aromatic nitrogens is 2. The van der Waals surface area contributed by atoms with Gasteiger partial charge in [-0.3, -0.25) is 0 Å². The van der Waals surface area contributed by atoms with Crippen molar-refractivity contribution in [2.24, 2.45) is 0 Å². The normalized spacial score (nSPS) is 11.3. The zero-order valence-corrected chi connectivity index (χ0v) is 12.1. The van der Waals surface area contributed by atoms with Crippen LogP contribution in [0.1, 0.15) is 23.8 Å². The van der Waals surface area contributed by atoms with Crippen molar-refractivity contribution in [3.05, 3.63) is 41.3 Å². The van der Waals surface area contributed by atoms with Gasteiger partial charge in [-0.05, 0) is 41.9 Å². The minimum absolute atomic E-state index is 0.00536. The number of hydrogen-bond acceptors (Lipinski definition) is 4. The van der Waals surface area contributed by atoms with Crippen molar-refractivity contribution in [1.82, 2.24) is 9.97 Å². The van der Waals surface area contributed by atoms with E-state index in [1.807, 2.05) is 0 Å². The Labute approximate surface area is 129 Å². The average Bonchev–Trinajstić information content (AvgIpc) is 2.47. The lowest BCUT2D eigenvalue weighted by molar-refractivity contribution is -0.177. The molecule has 0 aliphatic heterocycles. The highest BCUT2D eigenvalue weighted by molar-refractivity contribution is 6.28. The van der Waals surface area contributed by atoms with Crippen molar-refractivity contribution < 1.29 is 23.4 Å². The Morgan fingerprint density at radius 3 is 2.50 bits per heavy atom. The number of aromatic carboxylic acids is 1. The van der Waals surface area contributed by atoms with Gasteiger partial charge in [0.05, 0.1) is 5.69 Å². The Morgan fingerprint density at radius 2 is 1.95 bits per heavy atom. The maximum atomic E-state index is 13.1. The summed E-state index contributed by atoms with van der Waals surface area (Å²) >= 11 is 5.67. The molecule has 1 N–H and O–H groups in total. The molecule has 1 aromatic carbocycles. The standard InChI is InChI=1S/C14H11ClF2N2O3/c1-2-14(16,17)22-9-5-3-8(4-6-9)10-7-11(12(20)21)19-13(15)18-10/h3-7H,2H2,1H3,(H,20,21). The van der Waals surface area contributed by atoms with E-state index < -0.39 is 18.5 Å². The molecule has 8 heteroatoms. The molecule has 1 heterocycles. The van der Waals surface area contributed by atoms with Crippen LogP contribution in [0.4, 0.5) is 8.78 Å². The summed E-state index contributed by atoms with van der Waals surface area (Å²) in [5, 5.41) is 8.71. The number of halogens is 3. The van der Waals surface area contributed by atoms with Crippen LogP contribution in [0.5, 0.6) is 5.75 Å². The topological polar surface area (TPSA) is 72.3 Å². The second kappa shape index (κ2) is 6.23. The van der Waals surface area contributed by atoms with Gasteiger partial charge < -0.3 is 9.84 Å². The minimum Gasteiger partial charge on any atom is -0.477 e. The van der Waals surface area contributed by atoms with E-state index in [9.17, 15) is 13.6 Å². The van der Waals surface area contributed by atoms with Gasteiger partial charge in [-0.2, -0.15) is 8.78 Å². The molecule has 0 radical (unpaired) electrons. The van der Waals surface area contributed by atoms with Gasteiger partial charge in [0.25, 0.3) is 0 Å². The third kappa shape index (κ3) is 3.88. The second-order valence-electron chi connectivity index (χ2n) is 4.33.